The van der Waals surface area contributed by atoms with E-state index < -0.39 is 17.5 Å². The van der Waals surface area contributed by atoms with Crippen molar-refractivity contribution in [3.05, 3.63) is 53.3 Å². The van der Waals surface area contributed by atoms with Crippen LogP contribution in [0.3, 0.4) is 0 Å². The van der Waals surface area contributed by atoms with Gasteiger partial charge in [-0.1, -0.05) is 6.07 Å². The molecule has 2 aromatic rings. The molecule has 0 aliphatic rings. The van der Waals surface area contributed by atoms with Crippen LogP contribution in [-0.4, -0.2) is 14.2 Å². The number of hydrogen-bond acceptors (Lipinski definition) is 2. The molecule has 0 bridgehead atoms. The SMILES string of the molecule is CNCc1cc(OC)ccc1-c1cc(F)c(F)cc1F. The van der Waals surface area contributed by atoms with Gasteiger partial charge in [-0.25, -0.2) is 13.2 Å². The lowest BCUT2D eigenvalue weighted by Gasteiger charge is -2.12. The average Bonchev–Trinajstić information content (AvgIpc) is 2.43. The Balaban J connectivity index is 2.59. The maximum Gasteiger partial charge on any atom is 0.161 e. The zero-order chi connectivity index (χ0) is 14.7. The first-order valence-electron chi connectivity index (χ1n) is 6.03. The van der Waals surface area contributed by atoms with Crippen LogP contribution in [-0.2, 0) is 6.54 Å². The van der Waals surface area contributed by atoms with E-state index in [0.717, 1.165) is 11.6 Å². The average molecular weight is 281 g/mol. The van der Waals surface area contributed by atoms with Crippen LogP contribution in [0.1, 0.15) is 5.56 Å². The fraction of sp³-hybridized carbons (Fsp3) is 0.200. The lowest BCUT2D eigenvalue weighted by molar-refractivity contribution is 0.414. The molecule has 20 heavy (non-hydrogen) atoms. The molecule has 0 amide bonds. The van der Waals surface area contributed by atoms with Gasteiger partial charge >= 0.3 is 0 Å². The molecule has 0 aliphatic carbocycles. The van der Waals surface area contributed by atoms with Crippen molar-refractivity contribution in [1.29, 1.82) is 0 Å². The fourth-order valence-corrected chi connectivity index (χ4v) is 2.03. The molecule has 5 heteroatoms. The Hall–Kier alpha value is -2.01. The van der Waals surface area contributed by atoms with Crippen LogP contribution in [0, 0.1) is 17.5 Å². The molecule has 0 fully saturated rings. The van der Waals surface area contributed by atoms with Gasteiger partial charge in [-0.3, -0.25) is 0 Å². The Morgan fingerprint density at radius 1 is 0.950 bits per heavy atom. The van der Waals surface area contributed by atoms with Crippen molar-refractivity contribution < 1.29 is 17.9 Å². The van der Waals surface area contributed by atoms with E-state index in [-0.39, 0.29) is 5.56 Å². The summed E-state index contributed by atoms with van der Waals surface area (Å²) in [5.41, 5.74) is 1.25. The number of ether oxygens (including phenoxy) is 1. The predicted octanol–water partition coefficient (Wildman–Crippen LogP) is 3.50. The molecule has 2 aromatic carbocycles. The number of rotatable bonds is 4. The summed E-state index contributed by atoms with van der Waals surface area (Å²) in [6.07, 6.45) is 0. The van der Waals surface area contributed by atoms with Crippen LogP contribution in [0.4, 0.5) is 13.2 Å². The summed E-state index contributed by atoms with van der Waals surface area (Å²) in [7, 11) is 3.27. The van der Waals surface area contributed by atoms with Gasteiger partial charge in [-0.2, -0.15) is 0 Å². The second kappa shape index (κ2) is 5.96. The van der Waals surface area contributed by atoms with E-state index in [1.54, 1.807) is 25.2 Å². The van der Waals surface area contributed by atoms with Gasteiger partial charge in [0, 0.05) is 18.2 Å². The van der Waals surface area contributed by atoms with E-state index in [9.17, 15) is 13.2 Å². The quantitative estimate of drug-likeness (QED) is 0.866. The Bertz CT molecular complexity index is 629. The highest BCUT2D eigenvalue weighted by Gasteiger charge is 2.14. The molecule has 0 spiro atoms. The van der Waals surface area contributed by atoms with Crippen molar-refractivity contribution in [1.82, 2.24) is 5.32 Å². The summed E-state index contributed by atoms with van der Waals surface area (Å²) in [5, 5.41) is 2.95. The highest BCUT2D eigenvalue weighted by atomic mass is 19.2. The molecule has 106 valence electrons. The van der Waals surface area contributed by atoms with Crippen molar-refractivity contribution in [3.8, 4) is 16.9 Å². The van der Waals surface area contributed by atoms with Gasteiger partial charge in [0.15, 0.2) is 11.6 Å². The molecule has 0 aliphatic heterocycles. The summed E-state index contributed by atoms with van der Waals surface area (Å²) < 4.78 is 45.3. The lowest BCUT2D eigenvalue weighted by atomic mass is 9.98. The van der Waals surface area contributed by atoms with Gasteiger partial charge in [0.25, 0.3) is 0 Å². The molecule has 0 unspecified atom stereocenters. The standard InChI is InChI=1S/C15H14F3NO/c1-19-8-9-5-10(20-2)3-4-11(9)12-6-14(17)15(18)7-13(12)16/h3-7,19H,8H2,1-2H3. The van der Waals surface area contributed by atoms with Gasteiger partial charge < -0.3 is 10.1 Å². The van der Waals surface area contributed by atoms with Gasteiger partial charge in [-0.15, -0.1) is 0 Å². The molecule has 0 heterocycles. The largest absolute Gasteiger partial charge is 0.497 e. The van der Waals surface area contributed by atoms with Gasteiger partial charge in [-0.05, 0) is 36.4 Å². The minimum atomic E-state index is -1.20. The molecule has 0 radical (unpaired) electrons. The first kappa shape index (κ1) is 14.4. The first-order chi connectivity index (χ1) is 9.56. The van der Waals surface area contributed by atoms with E-state index in [2.05, 4.69) is 5.32 Å². The van der Waals surface area contributed by atoms with Gasteiger partial charge in [0.2, 0.25) is 0 Å². The Kier molecular flexibility index (Phi) is 4.29. The first-order valence-corrected chi connectivity index (χ1v) is 6.03. The highest BCUT2D eigenvalue weighted by molar-refractivity contribution is 5.69. The molecule has 0 saturated carbocycles. The molecular formula is C15H14F3NO. The van der Waals surface area contributed by atoms with E-state index in [0.29, 0.717) is 23.9 Å². The van der Waals surface area contributed by atoms with Crippen LogP contribution < -0.4 is 10.1 Å². The highest BCUT2D eigenvalue weighted by Crippen LogP contribution is 2.30. The Morgan fingerprint density at radius 2 is 1.65 bits per heavy atom. The number of hydrogen-bond donors (Lipinski definition) is 1. The third kappa shape index (κ3) is 2.77. The summed E-state index contributed by atoms with van der Waals surface area (Å²) >= 11 is 0. The molecule has 2 nitrogen and oxygen atoms in total. The smallest absolute Gasteiger partial charge is 0.161 e. The van der Waals surface area contributed by atoms with Crippen LogP contribution >= 0.6 is 0 Å². The molecule has 1 N–H and O–H groups in total. The van der Waals surface area contributed by atoms with Crippen LogP contribution in [0.5, 0.6) is 5.75 Å². The molecular weight excluding hydrogens is 267 g/mol. The minimum absolute atomic E-state index is 0.0248. The van der Waals surface area contributed by atoms with Gasteiger partial charge in [0.1, 0.15) is 11.6 Å². The van der Waals surface area contributed by atoms with Crippen molar-refractivity contribution in [2.45, 2.75) is 6.54 Å². The third-order valence-electron chi connectivity index (χ3n) is 2.98. The predicted molar refractivity (Wildman–Crippen MR) is 71.1 cm³/mol. The number of halogens is 3. The summed E-state index contributed by atoms with van der Waals surface area (Å²) in [6, 6.07) is 6.42. The molecule has 2 rings (SSSR count). The topological polar surface area (TPSA) is 21.3 Å². The van der Waals surface area contributed by atoms with E-state index in [1.807, 2.05) is 0 Å². The van der Waals surface area contributed by atoms with Crippen molar-refractivity contribution in [2.24, 2.45) is 0 Å². The third-order valence-corrected chi connectivity index (χ3v) is 2.98. The van der Waals surface area contributed by atoms with Crippen molar-refractivity contribution >= 4 is 0 Å². The normalized spacial score (nSPS) is 10.7. The monoisotopic (exact) mass is 281 g/mol. The van der Waals surface area contributed by atoms with Crippen LogP contribution in [0.25, 0.3) is 11.1 Å². The maximum atomic E-state index is 13.9. The summed E-state index contributed by atoms with van der Waals surface area (Å²) in [6.45, 7) is 0.449. The zero-order valence-corrected chi connectivity index (χ0v) is 11.1. The summed E-state index contributed by atoms with van der Waals surface area (Å²) in [4.78, 5) is 0. The Morgan fingerprint density at radius 3 is 2.30 bits per heavy atom. The van der Waals surface area contributed by atoms with E-state index in [1.165, 1.54) is 7.11 Å². The van der Waals surface area contributed by atoms with Gasteiger partial charge in [0.05, 0.1) is 7.11 Å². The van der Waals surface area contributed by atoms with E-state index >= 15 is 0 Å². The number of nitrogens with one attached hydrogen (secondary N) is 1. The Labute approximate surface area is 115 Å². The molecule has 0 atom stereocenters. The molecule has 0 aromatic heterocycles. The second-order valence-corrected chi connectivity index (χ2v) is 4.30. The second-order valence-electron chi connectivity index (χ2n) is 4.30. The van der Waals surface area contributed by atoms with E-state index in [4.69, 9.17) is 4.74 Å². The van der Waals surface area contributed by atoms with Crippen LogP contribution in [0.2, 0.25) is 0 Å². The minimum Gasteiger partial charge on any atom is -0.497 e. The van der Waals surface area contributed by atoms with Crippen molar-refractivity contribution in [3.63, 3.8) is 0 Å². The number of methoxy groups -OCH3 is 1. The summed E-state index contributed by atoms with van der Waals surface area (Å²) in [5.74, 6) is -2.46. The van der Waals surface area contributed by atoms with Crippen molar-refractivity contribution in [2.75, 3.05) is 14.2 Å². The van der Waals surface area contributed by atoms with Crippen LogP contribution in [0.15, 0.2) is 30.3 Å². The maximum absolute atomic E-state index is 13.9. The number of benzene rings is 2. The zero-order valence-electron chi connectivity index (χ0n) is 11.1. The molecule has 0 saturated heterocycles. The fourth-order valence-electron chi connectivity index (χ4n) is 2.03. The lowest BCUT2D eigenvalue weighted by Crippen LogP contribution is -2.07.